The van der Waals surface area contributed by atoms with Gasteiger partial charge in [-0.25, -0.2) is 9.59 Å². The van der Waals surface area contributed by atoms with Gasteiger partial charge in [0.1, 0.15) is 0 Å². The van der Waals surface area contributed by atoms with Gasteiger partial charge >= 0.3 is 12.0 Å². The number of nitrogens with one attached hydrogen (secondary N) is 1. The molecule has 0 aliphatic carbocycles. The van der Waals surface area contributed by atoms with E-state index in [4.69, 9.17) is 21.1 Å². The summed E-state index contributed by atoms with van der Waals surface area (Å²) in [6.07, 6.45) is 1.64. The van der Waals surface area contributed by atoms with Crippen LogP contribution in [0.15, 0.2) is 48.2 Å². The highest BCUT2D eigenvalue weighted by atomic mass is 35.5. The molecule has 2 aliphatic heterocycles. The number of carbonyl (C=O) groups is 2. The van der Waals surface area contributed by atoms with E-state index in [0.717, 1.165) is 18.7 Å². The van der Waals surface area contributed by atoms with Crippen LogP contribution in [0.4, 0.5) is 4.79 Å². The third kappa shape index (κ3) is 4.98. The van der Waals surface area contributed by atoms with E-state index in [1.807, 2.05) is 6.07 Å². The lowest BCUT2D eigenvalue weighted by Gasteiger charge is -2.39. The van der Waals surface area contributed by atoms with E-state index < -0.39 is 12.0 Å². The molecule has 1 N–H and O–H groups in total. The molecule has 2 amide bonds. The Bertz CT molecular complexity index is 805. The van der Waals surface area contributed by atoms with Gasteiger partial charge in [-0.3, -0.25) is 9.80 Å². The van der Waals surface area contributed by atoms with Crippen LogP contribution in [0.2, 0.25) is 5.02 Å². The van der Waals surface area contributed by atoms with E-state index in [9.17, 15) is 9.59 Å². The van der Waals surface area contributed by atoms with Crippen molar-refractivity contribution in [1.82, 2.24) is 15.1 Å². The smallest absolute Gasteiger partial charge is 0.338 e. The van der Waals surface area contributed by atoms with Crippen LogP contribution in [-0.2, 0) is 14.3 Å². The lowest BCUT2D eigenvalue weighted by atomic mass is 9.94. The number of urea groups is 1. The molecule has 1 aromatic carbocycles. The lowest BCUT2D eigenvalue weighted by Crippen LogP contribution is -2.51. The summed E-state index contributed by atoms with van der Waals surface area (Å²) in [6, 6.07) is 6.21. The number of morpholine rings is 1. The van der Waals surface area contributed by atoms with Crippen molar-refractivity contribution < 1.29 is 19.1 Å². The van der Waals surface area contributed by atoms with Gasteiger partial charge in [0.2, 0.25) is 0 Å². The first-order chi connectivity index (χ1) is 14.0. The molecule has 0 aromatic heterocycles. The molecule has 1 atom stereocenters. The number of hydrogen-bond acceptors (Lipinski definition) is 5. The third-order valence-corrected chi connectivity index (χ3v) is 5.14. The zero-order chi connectivity index (χ0) is 20.8. The molecular weight excluding hydrogens is 394 g/mol. The Kier molecular flexibility index (Phi) is 7.30. The van der Waals surface area contributed by atoms with Gasteiger partial charge in [0.15, 0.2) is 0 Å². The first-order valence-electron chi connectivity index (χ1n) is 9.69. The molecule has 0 bridgehead atoms. The molecule has 156 valence electrons. The number of halogens is 1. The number of ether oxygens (including phenoxy) is 2. The summed E-state index contributed by atoms with van der Waals surface area (Å²) in [5.74, 6) is -0.449. The van der Waals surface area contributed by atoms with Crippen molar-refractivity contribution in [3.63, 3.8) is 0 Å². The number of nitrogens with zero attached hydrogens (tertiary/aromatic N) is 2. The van der Waals surface area contributed by atoms with Crippen LogP contribution < -0.4 is 5.32 Å². The summed E-state index contributed by atoms with van der Waals surface area (Å²) in [5.41, 5.74) is 1.77. The van der Waals surface area contributed by atoms with E-state index in [1.54, 1.807) is 36.1 Å². The van der Waals surface area contributed by atoms with E-state index >= 15 is 0 Å². The normalized spacial score (nSPS) is 20.4. The van der Waals surface area contributed by atoms with Crippen LogP contribution >= 0.6 is 11.6 Å². The van der Waals surface area contributed by atoms with Crippen LogP contribution in [0.25, 0.3) is 0 Å². The minimum absolute atomic E-state index is 0.241. The van der Waals surface area contributed by atoms with Crippen LogP contribution in [0.5, 0.6) is 0 Å². The summed E-state index contributed by atoms with van der Waals surface area (Å²) in [6.45, 7) is 9.18. The van der Waals surface area contributed by atoms with Crippen LogP contribution in [0, 0.1) is 0 Å². The zero-order valence-electron chi connectivity index (χ0n) is 16.5. The monoisotopic (exact) mass is 419 g/mol. The number of hydrogen-bond donors (Lipinski definition) is 1. The van der Waals surface area contributed by atoms with E-state index in [-0.39, 0.29) is 19.2 Å². The maximum Gasteiger partial charge on any atom is 0.338 e. The van der Waals surface area contributed by atoms with Gasteiger partial charge in [-0.05, 0) is 24.6 Å². The summed E-state index contributed by atoms with van der Waals surface area (Å²) in [4.78, 5) is 29.7. The molecule has 0 radical (unpaired) electrons. The molecule has 1 saturated heterocycles. The topological polar surface area (TPSA) is 71.1 Å². The average Bonchev–Trinajstić information content (AvgIpc) is 2.71. The second-order valence-corrected chi connectivity index (χ2v) is 7.24. The summed E-state index contributed by atoms with van der Waals surface area (Å²) in [7, 11) is 0. The highest BCUT2D eigenvalue weighted by Gasteiger charge is 2.38. The predicted molar refractivity (Wildman–Crippen MR) is 111 cm³/mol. The fourth-order valence-electron chi connectivity index (χ4n) is 3.55. The second kappa shape index (κ2) is 9.91. The zero-order valence-corrected chi connectivity index (χ0v) is 17.3. The van der Waals surface area contributed by atoms with Gasteiger partial charge in [0.25, 0.3) is 0 Å². The van der Waals surface area contributed by atoms with Gasteiger partial charge in [0.05, 0.1) is 31.4 Å². The number of rotatable bonds is 7. The lowest BCUT2D eigenvalue weighted by molar-refractivity contribution is -0.139. The fraction of sp³-hybridized carbons (Fsp3) is 0.429. The van der Waals surface area contributed by atoms with Crippen molar-refractivity contribution >= 4 is 23.6 Å². The maximum absolute atomic E-state index is 13.0. The molecule has 3 rings (SSSR count). The Morgan fingerprint density at radius 3 is 2.83 bits per heavy atom. The molecule has 29 heavy (non-hydrogen) atoms. The molecule has 1 unspecified atom stereocenters. The molecule has 8 heteroatoms. The number of benzene rings is 1. The van der Waals surface area contributed by atoms with Crippen molar-refractivity contribution in [2.75, 3.05) is 46.0 Å². The van der Waals surface area contributed by atoms with Crippen molar-refractivity contribution in [2.45, 2.75) is 13.0 Å². The van der Waals surface area contributed by atoms with Gasteiger partial charge in [-0.1, -0.05) is 29.8 Å². The highest BCUT2D eigenvalue weighted by Crippen LogP contribution is 2.33. The molecule has 7 nitrogen and oxygen atoms in total. The molecule has 1 aromatic rings. The molecule has 2 aliphatic rings. The summed E-state index contributed by atoms with van der Waals surface area (Å²) in [5, 5.41) is 3.46. The Morgan fingerprint density at radius 2 is 2.17 bits per heavy atom. The number of carbonyl (C=O) groups excluding carboxylic acids is 2. The summed E-state index contributed by atoms with van der Waals surface area (Å²) < 4.78 is 10.8. The molecule has 0 saturated carbocycles. The number of amides is 2. The van der Waals surface area contributed by atoms with Gasteiger partial charge < -0.3 is 14.8 Å². The standard InChI is InChI=1S/C21H26ClN3O4/c1-3-8-25-17(14-24-9-11-28-12-10-24)18(20(26)29-4-2)19(23-21(25)27)15-6-5-7-16(22)13-15/h3,5-7,13,19H,1,4,8-12,14H2,2H3,(H,23,27). The minimum atomic E-state index is -0.641. The molecule has 0 spiro atoms. The first kappa shape index (κ1) is 21.4. The second-order valence-electron chi connectivity index (χ2n) is 6.81. The predicted octanol–water partition coefficient (Wildman–Crippen LogP) is 2.74. The first-order valence-corrected chi connectivity index (χ1v) is 10.1. The van der Waals surface area contributed by atoms with Crippen LogP contribution in [-0.4, -0.2) is 67.8 Å². The Balaban J connectivity index is 2.10. The quantitative estimate of drug-likeness (QED) is 0.543. The summed E-state index contributed by atoms with van der Waals surface area (Å²) >= 11 is 6.17. The van der Waals surface area contributed by atoms with Gasteiger partial charge in [-0.2, -0.15) is 0 Å². The Labute approximate surface area is 175 Å². The van der Waals surface area contributed by atoms with E-state index in [0.29, 0.717) is 36.1 Å². The van der Waals surface area contributed by atoms with E-state index in [2.05, 4.69) is 16.8 Å². The van der Waals surface area contributed by atoms with Crippen molar-refractivity contribution in [3.8, 4) is 0 Å². The third-order valence-electron chi connectivity index (χ3n) is 4.90. The van der Waals surface area contributed by atoms with Crippen LogP contribution in [0.1, 0.15) is 18.5 Å². The fourth-order valence-corrected chi connectivity index (χ4v) is 3.75. The number of esters is 1. The Morgan fingerprint density at radius 1 is 1.41 bits per heavy atom. The largest absolute Gasteiger partial charge is 0.463 e. The maximum atomic E-state index is 13.0. The molecular formula is C21H26ClN3O4. The Hall–Kier alpha value is -2.35. The van der Waals surface area contributed by atoms with Gasteiger partial charge in [-0.15, -0.1) is 6.58 Å². The molecule has 1 fully saturated rings. The minimum Gasteiger partial charge on any atom is -0.463 e. The highest BCUT2D eigenvalue weighted by molar-refractivity contribution is 6.30. The van der Waals surface area contributed by atoms with Crippen molar-refractivity contribution in [2.24, 2.45) is 0 Å². The average molecular weight is 420 g/mol. The molecule has 2 heterocycles. The SMILES string of the molecule is C=CCN1C(=O)NC(c2cccc(Cl)c2)C(C(=O)OCC)=C1CN1CCOCC1. The van der Waals surface area contributed by atoms with Crippen molar-refractivity contribution in [1.29, 1.82) is 0 Å². The van der Waals surface area contributed by atoms with E-state index in [1.165, 1.54) is 0 Å². The van der Waals surface area contributed by atoms with Gasteiger partial charge in [0, 0.05) is 36.9 Å². The van der Waals surface area contributed by atoms with Crippen molar-refractivity contribution in [3.05, 3.63) is 58.8 Å². The van der Waals surface area contributed by atoms with Crippen LogP contribution in [0.3, 0.4) is 0 Å².